The summed E-state index contributed by atoms with van der Waals surface area (Å²) in [6.07, 6.45) is 1.74. The number of thiazole rings is 1. The summed E-state index contributed by atoms with van der Waals surface area (Å²) >= 11 is 1.52. The standard InChI is InChI=1S/C24H23N3O2S/c1-4-29-20-10-8-18(9-11-20)23(28)27(15-19-7-5-6-12-25-19)24-26-21-13-16(2)17(3)14-22(21)30-24/h5-14H,4,15H2,1-3H3. The molecule has 0 bridgehead atoms. The van der Waals surface area contributed by atoms with Gasteiger partial charge in [-0.1, -0.05) is 17.4 Å². The molecule has 2 aromatic heterocycles. The molecule has 0 aliphatic carbocycles. The Bertz CT molecular complexity index is 1130. The van der Waals surface area contributed by atoms with Crippen LogP contribution in [0, 0.1) is 13.8 Å². The SMILES string of the molecule is CCOc1ccc(C(=O)N(Cc2ccccn2)c2nc3cc(C)c(C)cc3s2)cc1. The monoisotopic (exact) mass is 417 g/mol. The van der Waals surface area contributed by atoms with Crippen LogP contribution >= 0.6 is 11.3 Å². The minimum absolute atomic E-state index is 0.115. The van der Waals surface area contributed by atoms with E-state index >= 15 is 0 Å². The molecule has 0 aliphatic heterocycles. The first-order valence-electron chi connectivity index (χ1n) is 9.87. The van der Waals surface area contributed by atoms with Crippen molar-refractivity contribution >= 4 is 32.6 Å². The lowest BCUT2D eigenvalue weighted by atomic mass is 10.1. The van der Waals surface area contributed by atoms with Crippen molar-refractivity contribution in [3.63, 3.8) is 0 Å². The van der Waals surface area contributed by atoms with Crippen molar-refractivity contribution in [2.45, 2.75) is 27.3 Å². The first kappa shape index (κ1) is 20.0. The molecule has 5 nitrogen and oxygen atoms in total. The van der Waals surface area contributed by atoms with Crippen LogP contribution in [0.25, 0.3) is 10.2 Å². The lowest BCUT2D eigenvalue weighted by molar-refractivity contribution is 0.0985. The molecule has 0 unspecified atom stereocenters. The highest BCUT2D eigenvalue weighted by molar-refractivity contribution is 7.22. The molecule has 0 spiro atoms. The molecule has 0 fully saturated rings. The number of hydrogen-bond acceptors (Lipinski definition) is 5. The van der Waals surface area contributed by atoms with Crippen molar-refractivity contribution in [3.05, 3.63) is 83.2 Å². The third-order valence-corrected chi connectivity index (χ3v) is 5.97. The van der Waals surface area contributed by atoms with Crippen LogP contribution in [0.5, 0.6) is 5.75 Å². The van der Waals surface area contributed by atoms with Gasteiger partial charge in [-0.2, -0.15) is 0 Å². The molecule has 0 saturated carbocycles. The molecule has 0 saturated heterocycles. The lowest BCUT2D eigenvalue weighted by Crippen LogP contribution is -2.30. The van der Waals surface area contributed by atoms with Crippen molar-refractivity contribution in [3.8, 4) is 5.75 Å². The van der Waals surface area contributed by atoms with Crippen LogP contribution in [0.3, 0.4) is 0 Å². The number of ether oxygens (including phenoxy) is 1. The van der Waals surface area contributed by atoms with Crippen molar-refractivity contribution in [1.82, 2.24) is 9.97 Å². The van der Waals surface area contributed by atoms with Crippen molar-refractivity contribution < 1.29 is 9.53 Å². The van der Waals surface area contributed by atoms with Crippen LogP contribution in [-0.2, 0) is 6.54 Å². The van der Waals surface area contributed by atoms with Gasteiger partial charge in [-0.25, -0.2) is 4.98 Å². The predicted molar refractivity (Wildman–Crippen MR) is 121 cm³/mol. The Morgan fingerprint density at radius 3 is 2.53 bits per heavy atom. The Morgan fingerprint density at radius 1 is 1.07 bits per heavy atom. The van der Waals surface area contributed by atoms with Crippen LogP contribution in [0.1, 0.15) is 34.1 Å². The second kappa shape index (κ2) is 8.63. The summed E-state index contributed by atoms with van der Waals surface area (Å²) in [5.74, 6) is 0.632. The number of carbonyl (C=O) groups is 1. The maximum atomic E-state index is 13.5. The molecule has 0 radical (unpaired) electrons. The van der Waals surface area contributed by atoms with E-state index in [9.17, 15) is 4.79 Å². The van der Waals surface area contributed by atoms with E-state index in [1.807, 2.05) is 37.3 Å². The van der Waals surface area contributed by atoms with E-state index in [4.69, 9.17) is 9.72 Å². The number of aromatic nitrogens is 2. The van der Waals surface area contributed by atoms with Crippen molar-refractivity contribution in [2.75, 3.05) is 11.5 Å². The highest BCUT2D eigenvalue weighted by Crippen LogP contribution is 2.32. The van der Waals surface area contributed by atoms with Crippen molar-refractivity contribution in [1.29, 1.82) is 0 Å². The number of rotatable bonds is 6. The zero-order valence-corrected chi connectivity index (χ0v) is 18.1. The van der Waals surface area contributed by atoms with Gasteiger partial charge in [-0.3, -0.25) is 14.7 Å². The van der Waals surface area contributed by atoms with E-state index < -0.39 is 0 Å². The first-order valence-corrected chi connectivity index (χ1v) is 10.7. The summed E-state index contributed by atoms with van der Waals surface area (Å²) in [6.45, 7) is 7.04. The Labute approximate surface area is 180 Å². The molecule has 0 atom stereocenters. The van der Waals surface area contributed by atoms with Crippen LogP contribution in [0.15, 0.2) is 60.8 Å². The fourth-order valence-electron chi connectivity index (χ4n) is 3.18. The second-order valence-electron chi connectivity index (χ2n) is 7.07. The summed E-state index contributed by atoms with van der Waals surface area (Å²) in [5.41, 5.74) is 4.70. The van der Waals surface area contributed by atoms with Crippen LogP contribution in [-0.4, -0.2) is 22.5 Å². The summed E-state index contributed by atoms with van der Waals surface area (Å²) in [4.78, 5) is 24.3. The minimum atomic E-state index is -0.115. The van der Waals surface area contributed by atoms with Gasteiger partial charge in [0.2, 0.25) is 0 Å². The number of carbonyl (C=O) groups excluding carboxylic acids is 1. The lowest BCUT2D eigenvalue weighted by Gasteiger charge is -2.19. The topological polar surface area (TPSA) is 55.3 Å². The van der Waals surface area contributed by atoms with E-state index in [0.717, 1.165) is 21.7 Å². The average molecular weight is 418 g/mol. The number of benzene rings is 2. The number of fused-ring (bicyclic) bond motifs is 1. The Hall–Kier alpha value is -3.25. The molecule has 1 amide bonds. The summed E-state index contributed by atoms with van der Waals surface area (Å²) in [7, 11) is 0. The summed E-state index contributed by atoms with van der Waals surface area (Å²) in [5, 5.41) is 0.666. The molecule has 0 aliphatic rings. The fourth-order valence-corrected chi connectivity index (χ4v) is 4.22. The van der Waals surface area contributed by atoms with Gasteiger partial charge >= 0.3 is 0 Å². The molecule has 4 rings (SSSR count). The maximum Gasteiger partial charge on any atom is 0.260 e. The normalized spacial score (nSPS) is 10.9. The molecule has 152 valence electrons. The van der Waals surface area contributed by atoms with Gasteiger partial charge in [0, 0.05) is 11.8 Å². The zero-order chi connectivity index (χ0) is 21.1. The summed E-state index contributed by atoms with van der Waals surface area (Å²) in [6, 6.07) is 17.1. The molecule has 2 heterocycles. The quantitative estimate of drug-likeness (QED) is 0.412. The van der Waals surface area contributed by atoms with Crippen LogP contribution in [0.2, 0.25) is 0 Å². The molecule has 4 aromatic rings. The van der Waals surface area contributed by atoms with Gasteiger partial charge in [0.1, 0.15) is 5.75 Å². The molecule has 2 aromatic carbocycles. The average Bonchev–Trinajstić information content (AvgIpc) is 3.15. The summed E-state index contributed by atoms with van der Waals surface area (Å²) < 4.78 is 6.57. The van der Waals surface area contributed by atoms with Gasteiger partial charge in [-0.15, -0.1) is 0 Å². The Morgan fingerprint density at radius 2 is 1.83 bits per heavy atom. The zero-order valence-electron chi connectivity index (χ0n) is 17.3. The highest BCUT2D eigenvalue weighted by atomic mass is 32.1. The molecular weight excluding hydrogens is 394 g/mol. The largest absolute Gasteiger partial charge is 0.494 e. The number of hydrogen-bond donors (Lipinski definition) is 0. The second-order valence-corrected chi connectivity index (χ2v) is 8.08. The highest BCUT2D eigenvalue weighted by Gasteiger charge is 2.22. The van der Waals surface area contributed by atoms with Crippen molar-refractivity contribution in [2.24, 2.45) is 0 Å². The van der Waals surface area contributed by atoms with Gasteiger partial charge in [0.25, 0.3) is 5.91 Å². The van der Waals surface area contributed by atoms with E-state index in [-0.39, 0.29) is 5.91 Å². The maximum absolute atomic E-state index is 13.5. The molecular formula is C24H23N3O2S. The van der Waals surface area contributed by atoms with E-state index in [0.29, 0.717) is 23.8 Å². The first-order chi connectivity index (χ1) is 14.5. The van der Waals surface area contributed by atoms with E-state index in [2.05, 4.69) is 31.0 Å². The number of nitrogens with zero attached hydrogens (tertiary/aromatic N) is 3. The molecule has 6 heteroatoms. The van der Waals surface area contributed by atoms with E-state index in [1.165, 1.54) is 22.5 Å². The number of anilines is 1. The van der Waals surface area contributed by atoms with Crippen LogP contribution in [0.4, 0.5) is 5.13 Å². The third kappa shape index (κ3) is 4.19. The Kier molecular flexibility index (Phi) is 5.77. The third-order valence-electron chi connectivity index (χ3n) is 4.93. The van der Waals surface area contributed by atoms with E-state index in [1.54, 1.807) is 23.2 Å². The number of pyridine rings is 1. The van der Waals surface area contributed by atoms with Gasteiger partial charge in [0.15, 0.2) is 5.13 Å². The number of aryl methyl sites for hydroxylation is 2. The van der Waals surface area contributed by atoms with Gasteiger partial charge in [-0.05, 0) is 80.4 Å². The van der Waals surface area contributed by atoms with Crippen LogP contribution < -0.4 is 9.64 Å². The smallest absolute Gasteiger partial charge is 0.260 e. The number of amides is 1. The van der Waals surface area contributed by atoms with Gasteiger partial charge in [0.05, 0.1) is 29.1 Å². The minimum Gasteiger partial charge on any atom is -0.494 e. The molecule has 30 heavy (non-hydrogen) atoms. The fraction of sp³-hybridized carbons (Fsp3) is 0.208. The Balaban J connectivity index is 1.73. The predicted octanol–water partition coefficient (Wildman–Crippen LogP) is 5.55. The molecule has 0 N–H and O–H groups in total. The van der Waals surface area contributed by atoms with Gasteiger partial charge < -0.3 is 4.74 Å².